The normalized spacial score (nSPS) is 9.95. The molecule has 2 aromatic carbocycles. The molecule has 0 bridgehead atoms. The largest absolute Gasteiger partial charge is 0.496 e. The molecule has 5 nitrogen and oxygen atoms in total. The molecule has 114 valence electrons. The van der Waals surface area contributed by atoms with Gasteiger partial charge in [-0.3, -0.25) is 0 Å². The Morgan fingerprint density at radius 1 is 0.909 bits per heavy atom. The molecule has 0 aliphatic rings. The van der Waals surface area contributed by atoms with E-state index >= 15 is 0 Å². The van der Waals surface area contributed by atoms with Crippen LogP contribution >= 0.6 is 11.6 Å². The predicted octanol–water partition coefficient (Wildman–Crippen LogP) is 3.35. The molecule has 6 heteroatoms. The molecule has 0 aliphatic heterocycles. The first-order valence-electron chi connectivity index (χ1n) is 6.30. The van der Waals surface area contributed by atoms with Crippen molar-refractivity contribution in [3.63, 3.8) is 0 Å². The van der Waals surface area contributed by atoms with Crippen molar-refractivity contribution < 1.29 is 23.8 Å². The second-order valence-electron chi connectivity index (χ2n) is 4.22. The Kier molecular flexibility index (Phi) is 5.01. The van der Waals surface area contributed by atoms with E-state index in [-0.39, 0.29) is 16.9 Å². The number of hydrogen-bond acceptors (Lipinski definition) is 5. The Morgan fingerprint density at radius 2 is 1.64 bits per heavy atom. The van der Waals surface area contributed by atoms with E-state index < -0.39 is 11.9 Å². The van der Waals surface area contributed by atoms with E-state index in [0.717, 1.165) is 0 Å². The van der Waals surface area contributed by atoms with Crippen LogP contribution in [0.2, 0.25) is 5.02 Å². The van der Waals surface area contributed by atoms with Gasteiger partial charge in [-0.2, -0.15) is 0 Å². The fourth-order valence-electron chi connectivity index (χ4n) is 1.83. The monoisotopic (exact) mass is 320 g/mol. The highest BCUT2D eigenvalue weighted by Crippen LogP contribution is 2.26. The fourth-order valence-corrected chi connectivity index (χ4v) is 2.00. The molecule has 0 heterocycles. The topological polar surface area (TPSA) is 61.8 Å². The van der Waals surface area contributed by atoms with Crippen LogP contribution in [0, 0.1) is 0 Å². The van der Waals surface area contributed by atoms with E-state index in [4.69, 9.17) is 21.1 Å². The van der Waals surface area contributed by atoms with E-state index in [2.05, 4.69) is 4.74 Å². The van der Waals surface area contributed by atoms with Crippen LogP contribution in [0.3, 0.4) is 0 Å². The molecule has 0 unspecified atom stereocenters. The van der Waals surface area contributed by atoms with Gasteiger partial charge in [-0.15, -0.1) is 0 Å². The second kappa shape index (κ2) is 6.95. The molecule has 0 fully saturated rings. The molecule has 22 heavy (non-hydrogen) atoms. The van der Waals surface area contributed by atoms with Crippen molar-refractivity contribution >= 4 is 23.5 Å². The highest BCUT2D eigenvalue weighted by atomic mass is 35.5. The van der Waals surface area contributed by atoms with E-state index in [1.807, 2.05) is 0 Å². The number of hydrogen-bond donors (Lipinski definition) is 0. The number of carbonyl (C=O) groups is 2. The van der Waals surface area contributed by atoms with Crippen molar-refractivity contribution in [1.82, 2.24) is 0 Å². The minimum Gasteiger partial charge on any atom is -0.496 e. The van der Waals surface area contributed by atoms with Crippen LogP contribution in [0.25, 0.3) is 0 Å². The first-order chi connectivity index (χ1) is 10.6. The lowest BCUT2D eigenvalue weighted by Crippen LogP contribution is -2.13. The smallest absolute Gasteiger partial charge is 0.347 e. The van der Waals surface area contributed by atoms with Crippen LogP contribution in [0.5, 0.6) is 11.5 Å². The number of rotatable bonds is 4. The Hall–Kier alpha value is -2.53. The molecule has 0 saturated carbocycles. The number of benzene rings is 2. The number of esters is 2. The molecule has 0 aliphatic carbocycles. The molecule has 0 spiro atoms. The average Bonchev–Trinajstić information content (AvgIpc) is 2.55. The number of methoxy groups -OCH3 is 2. The second-order valence-corrected chi connectivity index (χ2v) is 4.66. The summed E-state index contributed by atoms with van der Waals surface area (Å²) in [7, 11) is 2.68. The molecule has 2 rings (SSSR count). The van der Waals surface area contributed by atoms with Gasteiger partial charge in [0.25, 0.3) is 0 Å². The molecule has 0 saturated heterocycles. The quantitative estimate of drug-likeness (QED) is 0.638. The first kappa shape index (κ1) is 15.9. The van der Waals surface area contributed by atoms with Crippen LogP contribution in [0.4, 0.5) is 0 Å². The third-order valence-corrected chi connectivity index (χ3v) is 3.11. The van der Waals surface area contributed by atoms with Crippen molar-refractivity contribution in [2.75, 3.05) is 14.2 Å². The number of halogens is 1. The van der Waals surface area contributed by atoms with Gasteiger partial charge < -0.3 is 14.2 Å². The maximum atomic E-state index is 12.3. The van der Waals surface area contributed by atoms with Gasteiger partial charge in [0.2, 0.25) is 0 Å². The summed E-state index contributed by atoms with van der Waals surface area (Å²) in [5, 5.41) is 0.331. The molecule has 0 atom stereocenters. The number of para-hydroxylation sites is 1. The summed E-state index contributed by atoms with van der Waals surface area (Å²) < 4.78 is 15.0. The van der Waals surface area contributed by atoms with Gasteiger partial charge in [-0.25, -0.2) is 9.59 Å². The van der Waals surface area contributed by atoms with Crippen molar-refractivity contribution in [3.05, 3.63) is 58.6 Å². The Balaban J connectivity index is 2.34. The van der Waals surface area contributed by atoms with Gasteiger partial charge >= 0.3 is 11.9 Å². The molecule has 0 amide bonds. The average molecular weight is 321 g/mol. The first-order valence-corrected chi connectivity index (χ1v) is 6.67. The maximum Gasteiger partial charge on any atom is 0.347 e. The predicted molar refractivity (Wildman–Crippen MR) is 80.7 cm³/mol. The zero-order valence-electron chi connectivity index (χ0n) is 12.0. The Morgan fingerprint density at radius 3 is 2.32 bits per heavy atom. The van der Waals surface area contributed by atoms with Gasteiger partial charge in [-0.1, -0.05) is 23.7 Å². The zero-order chi connectivity index (χ0) is 16.1. The van der Waals surface area contributed by atoms with E-state index in [0.29, 0.717) is 10.8 Å². The highest BCUT2D eigenvalue weighted by Gasteiger charge is 2.19. The molecule has 2 aromatic rings. The van der Waals surface area contributed by atoms with E-state index in [9.17, 15) is 9.59 Å². The molecule has 0 aromatic heterocycles. The SMILES string of the molecule is COC(=O)c1cc(Cl)ccc1OC(=O)c1ccccc1OC. The lowest BCUT2D eigenvalue weighted by molar-refractivity contribution is 0.0593. The van der Waals surface area contributed by atoms with Gasteiger partial charge in [0.15, 0.2) is 0 Å². The third-order valence-electron chi connectivity index (χ3n) is 2.88. The molecule has 0 N–H and O–H groups in total. The molecular formula is C16H13ClO5. The minimum absolute atomic E-state index is 0.0622. The van der Waals surface area contributed by atoms with Crippen LogP contribution < -0.4 is 9.47 Å². The summed E-state index contributed by atoms with van der Waals surface area (Å²) in [5.41, 5.74) is 0.314. The Bertz CT molecular complexity index is 711. The maximum absolute atomic E-state index is 12.3. The van der Waals surface area contributed by atoms with E-state index in [1.165, 1.54) is 32.4 Å². The summed E-state index contributed by atoms with van der Waals surface area (Å²) >= 11 is 5.85. The molecule has 0 radical (unpaired) electrons. The van der Waals surface area contributed by atoms with Crippen molar-refractivity contribution in [3.8, 4) is 11.5 Å². The zero-order valence-corrected chi connectivity index (χ0v) is 12.7. The van der Waals surface area contributed by atoms with Crippen LogP contribution in [0.1, 0.15) is 20.7 Å². The lowest BCUT2D eigenvalue weighted by Gasteiger charge is -2.11. The number of carbonyl (C=O) groups excluding carboxylic acids is 2. The summed E-state index contributed by atoms with van der Waals surface area (Å²) in [6, 6.07) is 10.9. The molecular weight excluding hydrogens is 308 g/mol. The third kappa shape index (κ3) is 3.38. The highest BCUT2D eigenvalue weighted by molar-refractivity contribution is 6.31. The summed E-state index contributed by atoms with van der Waals surface area (Å²) in [5.74, 6) is -0.858. The summed E-state index contributed by atoms with van der Waals surface area (Å²) in [4.78, 5) is 24.0. The Labute approximate surface area is 132 Å². The van der Waals surface area contributed by atoms with Crippen molar-refractivity contribution in [2.45, 2.75) is 0 Å². The van der Waals surface area contributed by atoms with Crippen molar-refractivity contribution in [2.24, 2.45) is 0 Å². The standard InChI is InChI=1S/C16H13ClO5/c1-20-13-6-4-3-5-11(13)16(19)22-14-8-7-10(17)9-12(14)15(18)21-2/h3-9H,1-2H3. The lowest BCUT2D eigenvalue weighted by atomic mass is 10.2. The number of ether oxygens (including phenoxy) is 3. The fraction of sp³-hybridized carbons (Fsp3) is 0.125. The van der Waals surface area contributed by atoms with Gasteiger partial charge in [0.05, 0.1) is 14.2 Å². The summed E-state index contributed by atoms with van der Waals surface area (Å²) in [6.07, 6.45) is 0. The van der Waals surface area contributed by atoms with Gasteiger partial charge in [-0.05, 0) is 30.3 Å². The minimum atomic E-state index is -0.648. The van der Waals surface area contributed by atoms with Crippen LogP contribution in [0.15, 0.2) is 42.5 Å². The summed E-state index contributed by atoms with van der Waals surface area (Å²) in [6.45, 7) is 0. The van der Waals surface area contributed by atoms with E-state index in [1.54, 1.807) is 24.3 Å². The van der Waals surface area contributed by atoms with Crippen molar-refractivity contribution in [1.29, 1.82) is 0 Å². The van der Waals surface area contributed by atoms with Gasteiger partial charge in [0.1, 0.15) is 22.6 Å². The van der Waals surface area contributed by atoms with Gasteiger partial charge in [0, 0.05) is 5.02 Å². The van der Waals surface area contributed by atoms with Crippen LogP contribution in [-0.4, -0.2) is 26.2 Å². The van der Waals surface area contributed by atoms with Crippen LogP contribution in [-0.2, 0) is 4.74 Å².